The molecule has 1 heterocycles. The lowest BCUT2D eigenvalue weighted by atomic mass is 10.1. The molecule has 0 aliphatic heterocycles. The molecule has 1 atom stereocenters. The second-order valence-electron chi connectivity index (χ2n) is 6.98. The molecule has 0 spiro atoms. The van der Waals surface area contributed by atoms with Gasteiger partial charge in [-0.3, -0.25) is 9.00 Å². The Labute approximate surface area is 168 Å². The van der Waals surface area contributed by atoms with Gasteiger partial charge in [0.05, 0.1) is 11.4 Å². The maximum Gasteiger partial charge on any atom is 0.253 e. The van der Waals surface area contributed by atoms with Crippen LogP contribution in [0.5, 0.6) is 0 Å². The molecule has 0 saturated heterocycles. The van der Waals surface area contributed by atoms with Gasteiger partial charge in [0.15, 0.2) is 0 Å². The topological polar surface area (TPSA) is 55.2 Å². The molecule has 0 radical (unpaired) electrons. The van der Waals surface area contributed by atoms with Crippen molar-refractivity contribution in [3.8, 4) is 5.69 Å². The molecule has 0 N–H and O–H groups in total. The number of nitrogens with zero attached hydrogens (tertiary/aromatic N) is 3. The number of aromatic nitrogens is 2. The highest BCUT2D eigenvalue weighted by molar-refractivity contribution is 7.83. The Kier molecular flexibility index (Phi) is 6.09. The molecule has 1 unspecified atom stereocenters. The van der Waals surface area contributed by atoms with Crippen LogP contribution in [0.15, 0.2) is 54.6 Å². The number of para-hydroxylation sites is 1. The smallest absolute Gasteiger partial charge is 0.253 e. The van der Waals surface area contributed by atoms with Crippen LogP contribution in [0.3, 0.4) is 0 Å². The first-order valence-electron chi connectivity index (χ1n) is 9.11. The van der Waals surface area contributed by atoms with E-state index >= 15 is 0 Å². The van der Waals surface area contributed by atoms with Crippen molar-refractivity contribution >= 4 is 16.7 Å². The number of aryl methyl sites for hydroxylation is 1. The van der Waals surface area contributed by atoms with Crippen LogP contribution in [-0.2, 0) is 23.1 Å². The quantitative estimate of drug-likeness (QED) is 0.640. The summed E-state index contributed by atoms with van der Waals surface area (Å²) in [7, 11) is 0.859. The number of amides is 1. The zero-order valence-electron chi connectivity index (χ0n) is 16.7. The molecule has 1 aromatic heterocycles. The summed E-state index contributed by atoms with van der Waals surface area (Å²) < 4.78 is 13.4. The van der Waals surface area contributed by atoms with E-state index in [1.165, 1.54) is 0 Å². The SMILES string of the molecule is Cc1nn(-c2ccccc2)c(C)c1CN(C)C(=O)c1cccc(CS(C)=O)c1. The Morgan fingerprint density at radius 2 is 1.82 bits per heavy atom. The van der Waals surface area contributed by atoms with Crippen LogP contribution in [0.4, 0.5) is 0 Å². The third kappa shape index (κ3) is 4.39. The van der Waals surface area contributed by atoms with Crippen molar-refractivity contribution in [3.05, 3.63) is 82.7 Å². The predicted molar refractivity (Wildman–Crippen MR) is 113 cm³/mol. The number of benzene rings is 2. The van der Waals surface area contributed by atoms with Gasteiger partial charge in [-0.1, -0.05) is 30.3 Å². The summed E-state index contributed by atoms with van der Waals surface area (Å²) in [5.74, 6) is 0.391. The van der Waals surface area contributed by atoms with Gasteiger partial charge >= 0.3 is 0 Å². The number of hydrogen-bond donors (Lipinski definition) is 0. The summed E-state index contributed by atoms with van der Waals surface area (Å²) in [4.78, 5) is 14.6. The molecule has 3 rings (SSSR count). The fraction of sp³-hybridized carbons (Fsp3) is 0.273. The molecule has 28 heavy (non-hydrogen) atoms. The van der Waals surface area contributed by atoms with Gasteiger partial charge in [0.1, 0.15) is 0 Å². The van der Waals surface area contributed by atoms with Gasteiger partial charge in [-0.05, 0) is 43.7 Å². The van der Waals surface area contributed by atoms with Crippen molar-refractivity contribution in [3.63, 3.8) is 0 Å². The molecular weight excluding hydrogens is 370 g/mol. The number of carbonyl (C=O) groups excluding carboxylic acids is 1. The lowest BCUT2D eigenvalue weighted by molar-refractivity contribution is 0.0784. The maximum absolute atomic E-state index is 12.9. The molecule has 146 valence electrons. The van der Waals surface area contributed by atoms with Crippen LogP contribution in [0, 0.1) is 13.8 Å². The summed E-state index contributed by atoms with van der Waals surface area (Å²) in [6.45, 7) is 4.47. The van der Waals surface area contributed by atoms with E-state index in [0.717, 1.165) is 28.2 Å². The average Bonchev–Trinajstić information content (AvgIpc) is 2.96. The zero-order valence-corrected chi connectivity index (χ0v) is 17.5. The van der Waals surface area contributed by atoms with Gasteiger partial charge < -0.3 is 4.90 Å². The molecule has 3 aromatic rings. The first-order chi connectivity index (χ1) is 13.4. The molecule has 0 saturated carbocycles. The highest BCUT2D eigenvalue weighted by Crippen LogP contribution is 2.20. The van der Waals surface area contributed by atoms with Crippen molar-refractivity contribution in [1.29, 1.82) is 0 Å². The van der Waals surface area contributed by atoms with E-state index in [9.17, 15) is 9.00 Å². The van der Waals surface area contributed by atoms with Crippen LogP contribution >= 0.6 is 0 Å². The van der Waals surface area contributed by atoms with E-state index in [1.54, 1.807) is 24.3 Å². The van der Waals surface area contributed by atoms with Gasteiger partial charge in [-0.25, -0.2) is 4.68 Å². The van der Waals surface area contributed by atoms with Gasteiger partial charge in [-0.15, -0.1) is 0 Å². The molecule has 2 aromatic carbocycles. The summed E-state index contributed by atoms with van der Waals surface area (Å²) >= 11 is 0. The minimum absolute atomic E-state index is 0.0602. The van der Waals surface area contributed by atoms with Crippen LogP contribution in [0.25, 0.3) is 5.69 Å². The Bertz CT molecular complexity index is 1010. The first kappa shape index (κ1) is 20.0. The second-order valence-corrected chi connectivity index (χ2v) is 8.41. The van der Waals surface area contributed by atoms with Crippen molar-refractivity contribution in [2.24, 2.45) is 0 Å². The molecule has 5 nitrogen and oxygen atoms in total. The van der Waals surface area contributed by atoms with Gasteiger partial charge in [0.25, 0.3) is 5.91 Å². The van der Waals surface area contributed by atoms with Crippen LogP contribution in [0.2, 0.25) is 0 Å². The Balaban J connectivity index is 1.81. The fourth-order valence-electron chi connectivity index (χ4n) is 3.28. The second kappa shape index (κ2) is 8.52. The van der Waals surface area contributed by atoms with E-state index in [2.05, 4.69) is 5.10 Å². The summed E-state index contributed by atoms with van der Waals surface area (Å²) in [6, 6.07) is 17.3. The van der Waals surface area contributed by atoms with Gasteiger partial charge in [-0.2, -0.15) is 5.10 Å². The van der Waals surface area contributed by atoms with Crippen molar-refractivity contribution in [2.75, 3.05) is 13.3 Å². The third-order valence-electron chi connectivity index (χ3n) is 4.73. The lowest BCUT2D eigenvalue weighted by Crippen LogP contribution is -2.26. The van der Waals surface area contributed by atoms with Crippen molar-refractivity contribution in [1.82, 2.24) is 14.7 Å². The summed E-state index contributed by atoms with van der Waals surface area (Å²) in [6.07, 6.45) is 1.66. The van der Waals surface area contributed by atoms with E-state index < -0.39 is 10.8 Å². The maximum atomic E-state index is 12.9. The van der Waals surface area contributed by atoms with Gasteiger partial charge in [0, 0.05) is 53.2 Å². The van der Waals surface area contributed by atoms with Crippen molar-refractivity contribution < 1.29 is 9.00 Å². The largest absolute Gasteiger partial charge is 0.337 e. The zero-order chi connectivity index (χ0) is 20.3. The first-order valence-corrected chi connectivity index (χ1v) is 10.8. The summed E-state index contributed by atoms with van der Waals surface area (Å²) in [5.41, 5.74) is 5.50. The Hall–Kier alpha value is -2.73. The van der Waals surface area contributed by atoms with E-state index in [1.807, 2.05) is 67.1 Å². The minimum atomic E-state index is -0.938. The normalized spacial score (nSPS) is 12.0. The molecule has 0 fully saturated rings. The monoisotopic (exact) mass is 395 g/mol. The van der Waals surface area contributed by atoms with Crippen LogP contribution in [-0.4, -0.2) is 38.1 Å². The number of carbonyl (C=O) groups is 1. The molecule has 6 heteroatoms. The molecule has 0 bridgehead atoms. The highest BCUT2D eigenvalue weighted by atomic mass is 32.2. The fourth-order valence-corrected chi connectivity index (χ4v) is 3.93. The summed E-state index contributed by atoms with van der Waals surface area (Å²) in [5, 5.41) is 4.66. The Morgan fingerprint density at radius 3 is 2.50 bits per heavy atom. The number of hydrogen-bond acceptors (Lipinski definition) is 3. The molecule has 0 aliphatic rings. The molecular formula is C22H25N3O2S. The molecule has 1 amide bonds. The van der Waals surface area contributed by atoms with Gasteiger partial charge in [0.2, 0.25) is 0 Å². The average molecular weight is 396 g/mol. The van der Waals surface area contributed by atoms with Crippen LogP contribution in [0.1, 0.15) is 32.9 Å². The third-order valence-corrected chi connectivity index (χ3v) is 5.47. The number of rotatable bonds is 6. The van der Waals surface area contributed by atoms with Crippen molar-refractivity contribution in [2.45, 2.75) is 26.1 Å². The molecule has 0 aliphatic carbocycles. The highest BCUT2D eigenvalue weighted by Gasteiger charge is 2.18. The lowest BCUT2D eigenvalue weighted by Gasteiger charge is -2.18. The minimum Gasteiger partial charge on any atom is -0.337 e. The Morgan fingerprint density at radius 1 is 1.11 bits per heavy atom. The van der Waals surface area contributed by atoms with E-state index in [4.69, 9.17) is 0 Å². The van der Waals surface area contributed by atoms with Crippen LogP contribution < -0.4 is 0 Å². The van der Waals surface area contributed by atoms with E-state index in [0.29, 0.717) is 17.9 Å². The standard InChI is InChI=1S/C22H25N3O2S/c1-16-21(17(2)25(23-16)20-11-6-5-7-12-20)14-24(3)22(26)19-10-8-9-18(13-19)15-28(4)27/h5-13H,14-15H2,1-4H3. The predicted octanol–water partition coefficient (Wildman–Crippen LogP) is 3.64. The van der Waals surface area contributed by atoms with E-state index in [-0.39, 0.29) is 5.91 Å².